The molecule has 0 bridgehead atoms. The molecule has 0 N–H and O–H groups in total. The van der Waals surface area contributed by atoms with Crippen molar-refractivity contribution < 1.29 is 4.79 Å². The number of unbranched alkanes of at least 4 members (excludes halogenated alkanes) is 1. The largest absolute Gasteiger partial charge is 0.338 e. The summed E-state index contributed by atoms with van der Waals surface area (Å²) < 4.78 is 0. The Balaban J connectivity index is 2.32. The average molecular weight is 332 g/mol. The molecule has 0 saturated heterocycles. The molecule has 2 rings (SSSR count). The number of nitrogens with zero attached hydrogens (tertiary/aromatic N) is 2. The molecule has 0 aromatic carbocycles. The van der Waals surface area contributed by atoms with Crippen LogP contribution in [-0.4, -0.2) is 28.9 Å². The molecule has 1 aromatic heterocycles. The van der Waals surface area contributed by atoms with Crippen molar-refractivity contribution in [2.75, 3.05) is 13.1 Å². The van der Waals surface area contributed by atoms with Gasteiger partial charge in [-0.25, -0.2) is 0 Å². The zero-order valence-corrected chi connectivity index (χ0v) is 15.3. The summed E-state index contributed by atoms with van der Waals surface area (Å²) in [5.41, 5.74) is 3.08. The number of rotatable bonds is 5. The van der Waals surface area contributed by atoms with Crippen LogP contribution in [0.15, 0.2) is 12.3 Å². The highest BCUT2D eigenvalue weighted by Crippen LogP contribution is 2.65. The maximum absolute atomic E-state index is 12.6. The van der Waals surface area contributed by atoms with Crippen molar-refractivity contribution in [1.29, 1.82) is 0 Å². The first-order valence-electron chi connectivity index (χ1n) is 6.47. The Hall–Kier alpha value is 0.340. The standard InChI is InChI=1S/C12H20N2OP4/c1-2-3-7-14-8-5-9-4-6-13-11(19(17)18-16)10(9)12(14)15/h4,6,18H,2-3,5,7-8,16-17H2,1H3. The molecule has 1 aliphatic rings. The van der Waals surface area contributed by atoms with Gasteiger partial charge in [-0.15, -0.1) is 17.9 Å². The number of hydrogen-bond donors (Lipinski definition) is 0. The minimum atomic E-state index is -0.398. The molecular formula is C12H20N2OP4. The first kappa shape index (κ1) is 15.7. The molecule has 104 valence electrons. The van der Waals surface area contributed by atoms with E-state index >= 15 is 0 Å². The summed E-state index contributed by atoms with van der Waals surface area (Å²) in [5, 5.41) is 0. The lowest BCUT2D eigenvalue weighted by atomic mass is 10.0. The van der Waals surface area contributed by atoms with E-state index in [4.69, 9.17) is 0 Å². The van der Waals surface area contributed by atoms with Crippen LogP contribution in [0.5, 0.6) is 0 Å². The second-order valence-corrected chi connectivity index (χ2v) is 13.6. The third kappa shape index (κ3) is 3.51. The fourth-order valence-electron chi connectivity index (χ4n) is 2.25. The van der Waals surface area contributed by atoms with Crippen LogP contribution in [0.2, 0.25) is 0 Å². The van der Waals surface area contributed by atoms with Crippen LogP contribution < -0.4 is 5.44 Å². The summed E-state index contributed by atoms with van der Waals surface area (Å²) >= 11 is 0. The Morgan fingerprint density at radius 3 is 3.05 bits per heavy atom. The van der Waals surface area contributed by atoms with Crippen LogP contribution in [0.3, 0.4) is 0 Å². The molecule has 0 radical (unpaired) electrons. The van der Waals surface area contributed by atoms with E-state index in [1.54, 1.807) is 0 Å². The third-order valence-corrected chi connectivity index (χ3v) is 13.1. The Labute approximate surface area is 122 Å². The Morgan fingerprint density at radius 1 is 1.58 bits per heavy atom. The van der Waals surface area contributed by atoms with E-state index in [-0.39, 0.29) is 5.91 Å². The minimum absolute atomic E-state index is 0.191. The molecule has 4 unspecified atom stereocenters. The van der Waals surface area contributed by atoms with Crippen molar-refractivity contribution in [3.63, 3.8) is 0 Å². The van der Waals surface area contributed by atoms with Gasteiger partial charge in [0.1, 0.15) is 0 Å². The van der Waals surface area contributed by atoms with E-state index in [1.807, 2.05) is 17.2 Å². The number of amides is 1. The van der Waals surface area contributed by atoms with Gasteiger partial charge in [-0.1, -0.05) is 21.3 Å². The van der Waals surface area contributed by atoms with Gasteiger partial charge in [-0.3, -0.25) is 9.78 Å². The maximum atomic E-state index is 12.6. The molecule has 1 aliphatic heterocycles. The van der Waals surface area contributed by atoms with Crippen LogP contribution in [0, 0.1) is 0 Å². The minimum Gasteiger partial charge on any atom is -0.338 e. The lowest BCUT2D eigenvalue weighted by Crippen LogP contribution is -2.41. The molecule has 0 saturated carbocycles. The van der Waals surface area contributed by atoms with Gasteiger partial charge in [-0.2, -0.15) is 0 Å². The second kappa shape index (κ2) is 7.38. The van der Waals surface area contributed by atoms with Gasteiger partial charge in [0.05, 0.1) is 11.0 Å². The van der Waals surface area contributed by atoms with Crippen molar-refractivity contribution in [1.82, 2.24) is 9.88 Å². The molecule has 0 fully saturated rings. The SMILES string of the molecule is CCCCN1CCc2ccnc(P(P)PP)c2C1=O. The van der Waals surface area contributed by atoms with Crippen molar-refractivity contribution in [2.24, 2.45) is 0 Å². The lowest BCUT2D eigenvalue weighted by molar-refractivity contribution is 0.0739. The van der Waals surface area contributed by atoms with Crippen LogP contribution in [0.25, 0.3) is 0 Å². The molecule has 0 spiro atoms. The van der Waals surface area contributed by atoms with Gasteiger partial charge >= 0.3 is 0 Å². The number of pyridine rings is 1. The molecule has 1 aromatic rings. The van der Waals surface area contributed by atoms with E-state index in [0.29, 0.717) is 0 Å². The van der Waals surface area contributed by atoms with Crippen LogP contribution in [-0.2, 0) is 6.42 Å². The van der Waals surface area contributed by atoms with Crippen LogP contribution in [0.1, 0.15) is 35.7 Å². The van der Waals surface area contributed by atoms with Crippen molar-refractivity contribution in [3.8, 4) is 0 Å². The van der Waals surface area contributed by atoms with Crippen LogP contribution >= 0.6 is 33.1 Å². The maximum Gasteiger partial charge on any atom is 0.256 e. The van der Waals surface area contributed by atoms with Crippen molar-refractivity contribution >= 4 is 44.5 Å². The monoisotopic (exact) mass is 332 g/mol. The molecule has 19 heavy (non-hydrogen) atoms. The van der Waals surface area contributed by atoms with Crippen LogP contribution in [0.4, 0.5) is 0 Å². The molecule has 1 amide bonds. The van der Waals surface area contributed by atoms with Gasteiger partial charge < -0.3 is 4.90 Å². The highest BCUT2D eigenvalue weighted by molar-refractivity contribution is 8.63. The molecule has 2 heterocycles. The van der Waals surface area contributed by atoms with Crippen molar-refractivity contribution in [2.45, 2.75) is 26.2 Å². The third-order valence-electron chi connectivity index (χ3n) is 3.32. The molecular weight excluding hydrogens is 312 g/mol. The Morgan fingerprint density at radius 2 is 2.37 bits per heavy atom. The first-order valence-corrected chi connectivity index (χ1v) is 13.1. The normalized spacial score (nSPS) is 17.0. The molecule has 7 heteroatoms. The summed E-state index contributed by atoms with van der Waals surface area (Å²) in [4.78, 5) is 19.1. The zero-order valence-electron chi connectivity index (χ0n) is 11.1. The zero-order chi connectivity index (χ0) is 13.8. The number of fused-ring (bicyclic) bond motifs is 1. The summed E-state index contributed by atoms with van der Waals surface area (Å²) in [6.07, 6.45) is 5.03. The smallest absolute Gasteiger partial charge is 0.256 e. The number of carbonyl (C=O) groups is 1. The summed E-state index contributed by atoms with van der Waals surface area (Å²) in [7, 11) is 5.97. The average Bonchev–Trinajstić information content (AvgIpc) is 2.45. The predicted octanol–water partition coefficient (Wildman–Crippen LogP) is 3.16. The lowest BCUT2D eigenvalue weighted by Gasteiger charge is -2.30. The topological polar surface area (TPSA) is 33.2 Å². The van der Waals surface area contributed by atoms with Gasteiger partial charge in [0.2, 0.25) is 0 Å². The molecule has 0 aliphatic carbocycles. The molecule has 3 nitrogen and oxygen atoms in total. The predicted molar refractivity (Wildman–Crippen MR) is 93.0 cm³/mol. The second-order valence-electron chi connectivity index (χ2n) is 4.56. The van der Waals surface area contributed by atoms with E-state index in [9.17, 15) is 4.79 Å². The van der Waals surface area contributed by atoms with Gasteiger partial charge in [0.15, 0.2) is 0 Å². The fraction of sp³-hybridized carbons (Fsp3) is 0.500. The summed E-state index contributed by atoms with van der Waals surface area (Å²) in [6, 6.07) is 2.01. The van der Waals surface area contributed by atoms with E-state index in [0.717, 1.165) is 51.3 Å². The first-order chi connectivity index (χ1) is 9.19. The van der Waals surface area contributed by atoms with E-state index in [2.05, 4.69) is 29.8 Å². The molecule has 4 atom stereocenters. The van der Waals surface area contributed by atoms with E-state index in [1.165, 1.54) is 5.56 Å². The highest BCUT2D eigenvalue weighted by Gasteiger charge is 2.28. The highest BCUT2D eigenvalue weighted by atomic mass is 32.6. The van der Waals surface area contributed by atoms with Gasteiger partial charge in [0.25, 0.3) is 5.91 Å². The number of carbonyl (C=O) groups excluding carboxylic acids is 1. The summed E-state index contributed by atoms with van der Waals surface area (Å²) in [6.45, 7) is 3.89. The Bertz CT molecular complexity index is 469. The number of aromatic nitrogens is 1. The number of hydrogen-bond acceptors (Lipinski definition) is 2. The Kier molecular flexibility index (Phi) is 6.11. The van der Waals surface area contributed by atoms with Gasteiger partial charge in [-0.05, 0) is 31.8 Å². The van der Waals surface area contributed by atoms with Crippen molar-refractivity contribution in [3.05, 3.63) is 23.4 Å². The quantitative estimate of drug-likeness (QED) is 0.776. The van der Waals surface area contributed by atoms with Gasteiger partial charge in [0, 0.05) is 19.3 Å². The van der Waals surface area contributed by atoms with E-state index < -0.39 is 7.30 Å². The summed E-state index contributed by atoms with van der Waals surface area (Å²) in [5.74, 6) is 0.191. The fourth-order valence-corrected chi connectivity index (χ4v) is 5.61.